The van der Waals surface area contributed by atoms with E-state index in [1.807, 2.05) is 24.3 Å². The number of ether oxygens (including phenoxy) is 2. The molecule has 1 unspecified atom stereocenters. The molecule has 0 saturated carbocycles. The normalized spacial score (nSPS) is 12.0. The number of methoxy groups -OCH3 is 2. The molecule has 118 valence electrons. The fourth-order valence-electron chi connectivity index (χ4n) is 2.89. The van der Waals surface area contributed by atoms with Crippen molar-refractivity contribution in [3.8, 4) is 11.5 Å². The lowest BCUT2D eigenvalue weighted by Gasteiger charge is -2.20. The lowest BCUT2D eigenvalue weighted by atomic mass is 9.86. The van der Waals surface area contributed by atoms with Gasteiger partial charge >= 0.3 is 0 Å². The molecule has 0 fully saturated rings. The van der Waals surface area contributed by atoms with Crippen molar-refractivity contribution in [2.75, 3.05) is 14.2 Å². The Morgan fingerprint density at radius 2 is 1.59 bits per heavy atom. The lowest BCUT2D eigenvalue weighted by molar-refractivity contribution is 0.405. The van der Waals surface area contributed by atoms with Crippen molar-refractivity contribution < 1.29 is 9.47 Å². The summed E-state index contributed by atoms with van der Waals surface area (Å²) in [5.41, 5.74) is 2.59. The smallest absolute Gasteiger partial charge is 0.122 e. The molecule has 1 atom stereocenters. The Balaban J connectivity index is 2.32. The first-order valence-corrected chi connectivity index (χ1v) is 8.07. The summed E-state index contributed by atoms with van der Waals surface area (Å²) in [4.78, 5) is 0. The van der Waals surface area contributed by atoms with E-state index < -0.39 is 0 Å². The van der Waals surface area contributed by atoms with Gasteiger partial charge in [-0.25, -0.2) is 0 Å². The van der Waals surface area contributed by atoms with Crippen LogP contribution >= 0.6 is 0 Å². The molecule has 2 aromatic carbocycles. The zero-order valence-corrected chi connectivity index (χ0v) is 13.8. The highest BCUT2D eigenvalue weighted by atomic mass is 16.5. The molecular weight excluding hydrogens is 272 g/mol. The monoisotopic (exact) mass is 298 g/mol. The molecule has 2 aromatic rings. The van der Waals surface area contributed by atoms with Crippen LogP contribution < -0.4 is 9.47 Å². The van der Waals surface area contributed by atoms with E-state index in [1.54, 1.807) is 14.2 Å². The van der Waals surface area contributed by atoms with Crippen molar-refractivity contribution in [2.45, 2.75) is 38.5 Å². The van der Waals surface area contributed by atoms with Crippen LogP contribution in [0.5, 0.6) is 11.5 Å². The van der Waals surface area contributed by atoms with Gasteiger partial charge in [0.25, 0.3) is 0 Å². The van der Waals surface area contributed by atoms with Crippen LogP contribution in [-0.4, -0.2) is 14.2 Å². The maximum absolute atomic E-state index is 5.57. The van der Waals surface area contributed by atoms with E-state index in [0.717, 1.165) is 17.9 Å². The summed E-state index contributed by atoms with van der Waals surface area (Å²) < 4.78 is 10.8. The van der Waals surface area contributed by atoms with Gasteiger partial charge in [0, 0.05) is 11.5 Å². The fourth-order valence-corrected chi connectivity index (χ4v) is 2.89. The standard InChI is InChI=1S/C20H26O2/c1-4-5-6-9-18(16-12-14-17(21-2)15-13-16)19-10-7-8-11-20(19)22-3/h7-8,10-15,18H,4-6,9H2,1-3H3. The Morgan fingerprint density at radius 3 is 2.23 bits per heavy atom. The topological polar surface area (TPSA) is 18.5 Å². The molecule has 2 nitrogen and oxygen atoms in total. The minimum atomic E-state index is 0.369. The summed E-state index contributed by atoms with van der Waals surface area (Å²) in [5.74, 6) is 2.24. The van der Waals surface area contributed by atoms with Gasteiger partial charge < -0.3 is 9.47 Å². The highest BCUT2D eigenvalue weighted by Crippen LogP contribution is 2.36. The van der Waals surface area contributed by atoms with E-state index in [1.165, 1.54) is 30.4 Å². The lowest BCUT2D eigenvalue weighted by Crippen LogP contribution is -2.04. The van der Waals surface area contributed by atoms with Crippen LogP contribution in [0.4, 0.5) is 0 Å². The fraction of sp³-hybridized carbons (Fsp3) is 0.400. The molecule has 0 aliphatic rings. The molecule has 2 rings (SSSR count). The van der Waals surface area contributed by atoms with Crippen LogP contribution in [0.2, 0.25) is 0 Å². The Hall–Kier alpha value is -1.96. The molecule has 0 saturated heterocycles. The van der Waals surface area contributed by atoms with Gasteiger partial charge in [-0.15, -0.1) is 0 Å². The molecule has 2 heteroatoms. The van der Waals surface area contributed by atoms with Gasteiger partial charge in [-0.2, -0.15) is 0 Å². The highest BCUT2D eigenvalue weighted by Gasteiger charge is 2.17. The zero-order valence-electron chi connectivity index (χ0n) is 13.8. The summed E-state index contributed by atoms with van der Waals surface area (Å²) in [7, 11) is 3.45. The molecule has 0 bridgehead atoms. The first-order valence-electron chi connectivity index (χ1n) is 8.07. The Morgan fingerprint density at radius 1 is 0.864 bits per heavy atom. The van der Waals surface area contributed by atoms with Crippen LogP contribution in [-0.2, 0) is 0 Å². The van der Waals surface area contributed by atoms with Gasteiger partial charge in [0.05, 0.1) is 14.2 Å². The van der Waals surface area contributed by atoms with Gasteiger partial charge in [-0.1, -0.05) is 56.5 Å². The number of benzene rings is 2. The van der Waals surface area contributed by atoms with Crippen LogP contribution in [0.1, 0.15) is 49.7 Å². The van der Waals surface area contributed by atoms with Crippen molar-refractivity contribution in [1.82, 2.24) is 0 Å². The average molecular weight is 298 g/mol. The van der Waals surface area contributed by atoms with Crippen molar-refractivity contribution in [2.24, 2.45) is 0 Å². The molecule has 0 heterocycles. The van der Waals surface area contributed by atoms with Gasteiger partial charge in [0.15, 0.2) is 0 Å². The van der Waals surface area contributed by atoms with Crippen molar-refractivity contribution in [3.63, 3.8) is 0 Å². The van der Waals surface area contributed by atoms with Crippen molar-refractivity contribution in [1.29, 1.82) is 0 Å². The third-order valence-corrected chi connectivity index (χ3v) is 4.13. The minimum Gasteiger partial charge on any atom is -0.497 e. The average Bonchev–Trinajstić information content (AvgIpc) is 2.59. The molecule has 0 N–H and O–H groups in total. The summed E-state index contributed by atoms with van der Waals surface area (Å²) in [6.07, 6.45) is 4.87. The molecule has 0 aromatic heterocycles. The summed E-state index contributed by atoms with van der Waals surface area (Å²) in [5, 5.41) is 0. The maximum atomic E-state index is 5.57. The predicted octanol–water partition coefficient (Wildman–Crippen LogP) is 5.42. The quantitative estimate of drug-likeness (QED) is 0.606. The largest absolute Gasteiger partial charge is 0.497 e. The molecule has 0 spiro atoms. The summed E-state index contributed by atoms with van der Waals surface area (Å²) in [6.45, 7) is 2.24. The van der Waals surface area contributed by atoms with E-state index in [4.69, 9.17) is 9.47 Å². The van der Waals surface area contributed by atoms with Crippen LogP contribution in [0.15, 0.2) is 48.5 Å². The molecule has 0 amide bonds. The van der Waals surface area contributed by atoms with Gasteiger partial charge in [-0.3, -0.25) is 0 Å². The Kier molecular flexibility index (Phi) is 6.32. The zero-order chi connectivity index (χ0) is 15.8. The van der Waals surface area contributed by atoms with Crippen LogP contribution in [0.25, 0.3) is 0 Å². The Labute approximate surface area is 134 Å². The summed E-state index contributed by atoms with van der Waals surface area (Å²) in [6, 6.07) is 16.8. The van der Waals surface area contributed by atoms with Crippen molar-refractivity contribution >= 4 is 0 Å². The van der Waals surface area contributed by atoms with E-state index in [0.29, 0.717) is 5.92 Å². The molecule has 0 aliphatic heterocycles. The SMILES string of the molecule is CCCCCC(c1ccc(OC)cc1)c1ccccc1OC. The number of hydrogen-bond acceptors (Lipinski definition) is 2. The van der Waals surface area contributed by atoms with E-state index in [2.05, 4.69) is 31.2 Å². The predicted molar refractivity (Wildman–Crippen MR) is 92.0 cm³/mol. The van der Waals surface area contributed by atoms with Crippen LogP contribution in [0, 0.1) is 0 Å². The minimum absolute atomic E-state index is 0.369. The Bertz CT molecular complexity index is 560. The number of para-hydroxylation sites is 1. The van der Waals surface area contributed by atoms with Crippen LogP contribution in [0.3, 0.4) is 0 Å². The highest BCUT2D eigenvalue weighted by molar-refractivity contribution is 5.43. The first-order chi connectivity index (χ1) is 10.8. The van der Waals surface area contributed by atoms with E-state index in [-0.39, 0.29) is 0 Å². The molecule has 0 aliphatic carbocycles. The van der Waals surface area contributed by atoms with E-state index in [9.17, 15) is 0 Å². The molecular formula is C20H26O2. The molecule has 0 radical (unpaired) electrons. The third kappa shape index (κ3) is 4.03. The molecule has 22 heavy (non-hydrogen) atoms. The number of unbranched alkanes of at least 4 members (excludes halogenated alkanes) is 2. The van der Waals surface area contributed by atoms with Crippen molar-refractivity contribution in [3.05, 3.63) is 59.7 Å². The van der Waals surface area contributed by atoms with E-state index >= 15 is 0 Å². The number of rotatable bonds is 8. The van der Waals surface area contributed by atoms with Gasteiger partial charge in [0.2, 0.25) is 0 Å². The number of hydrogen-bond donors (Lipinski definition) is 0. The third-order valence-electron chi connectivity index (χ3n) is 4.13. The van der Waals surface area contributed by atoms with Gasteiger partial charge in [0.1, 0.15) is 11.5 Å². The second-order valence-electron chi connectivity index (χ2n) is 5.56. The first kappa shape index (κ1) is 16.4. The van der Waals surface area contributed by atoms with Gasteiger partial charge in [-0.05, 0) is 30.2 Å². The second-order valence-corrected chi connectivity index (χ2v) is 5.56. The maximum Gasteiger partial charge on any atom is 0.122 e. The summed E-state index contributed by atoms with van der Waals surface area (Å²) >= 11 is 0. The second kappa shape index (κ2) is 8.47.